The highest BCUT2D eigenvalue weighted by molar-refractivity contribution is 8.05. The fraction of sp³-hybridized carbons (Fsp3) is 0.348. The Morgan fingerprint density at radius 3 is 2.59 bits per heavy atom. The van der Waals surface area contributed by atoms with E-state index in [-0.39, 0.29) is 17.4 Å². The van der Waals surface area contributed by atoms with Gasteiger partial charge in [0.1, 0.15) is 0 Å². The highest BCUT2D eigenvalue weighted by Crippen LogP contribution is 2.42. The lowest BCUT2D eigenvalue weighted by molar-refractivity contribution is -0.129. The van der Waals surface area contributed by atoms with Crippen LogP contribution in [0, 0.1) is 5.92 Å². The van der Waals surface area contributed by atoms with E-state index in [1.807, 2.05) is 53.4 Å². The average Bonchev–Trinajstić information content (AvgIpc) is 3.01. The normalized spacial score (nSPS) is 26.2. The average molecular weight is 447 g/mol. The largest absolute Gasteiger partial charge is 0.356 e. The van der Waals surface area contributed by atoms with Gasteiger partial charge in [0.2, 0.25) is 0 Å². The molecular weight excluding hydrogens is 423 g/mol. The Hall–Kier alpha value is -1.62. The molecular formula is C23H24Cl2N2OS. The molecule has 3 atom stereocenters. The Balaban J connectivity index is 1.67. The third-order valence-corrected chi connectivity index (χ3v) is 7.64. The van der Waals surface area contributed by atoms with Gasteiger partial charge in [-0.1, -0.05) is 85.1 Å². The number of carbonyl (C=O) groups is 1. The van der Waals surface area contributed by atoms with Crippen molar-refractivity contribution >= 4 is 52.6 Å². The predicted molar refractivity (Wildman–Crippen MR) is 124 cm³/mol. The van der Waals surface area contributed by atoms with Gasteiger partial charge in [0.05, 0.1) is 15.0 Å². The molecule has 2 aromatic rings. The molecule has 29 heavy (non-hydrogen) atoms. The second-order valence-electron chi connectivity index (χ2n) is 7.67. The standard InChI is InChI=1S/C23H24Cl2N2OS/c1-15-8-5-6-13-19(15)27-22(28)20(14-16-9-7-12-18(24)21(16)25)29-23(27)26-17-10-3-2-4-11-17/h2-4,7,9-12,14-15,19,23,26H,5-6,8,13H2,1H3/b20-14-/t15-,19+,23?/m0/s1. The lowest BCUT2D eigenvalue weighted by atomic mass is 9.85. The fourth-order valence-corrected chi connectivity index (χ4v) is 5.71. The van der Waals surface area contributed by atoms with Crippen LogP contribution in [0.1, 0.15) is 38.2 Å². The van der Waals surface area contributed by atoms with Gasteiger partial charge in [-0.25, -0.2) is 0 Å². The van der Waals surface area contributed by atoms with Crippen molar-refractivity contribution < 1.29 is 4.79 Å². The summed E-state index contributed by atoms with van der Waals surface area (Å²) in [7, 11) is 0. The van der Waals surface area contributed by atoms with Crippen molar-refractivity contribution in [3.63, 3.8) is 0 Å². The summed E-state index contributed by atoms with van der Waals surface area (Å²) in [6, 6.07) is 15.8. The number of nitrogens with one attached hydrogen (secondary N) is 1. The maximum atomic E-state index is 13.5. The molecule has 6 heteroatoms. The van der Waals surface area contributed by atoms with Gasteiger partial charge in [0, 0.05) is 11.7 Å². The number of anilines is 1. The number of amides is 1. The SMILES string of the molecule is C[C@H]1CCCC[C@H]1N1C(=O)/C(=C/c2cccc(Cl)c2Cl)SC1Nc1ccccc1. The first-order chi connectivity index (χ1) is 14.0. The van der Waals surface area contributed by atoms with Crippen LogP contribution < -0.4 is 5.32 Å². The number of halogens is 2. The molecule has 2 fully saturated rings. The monoisotopic (exact) mass is 446 g/mol. The predicted octanol–water partition coefficient (Wildman–Crippen LogP) is 6.88. The Morgan fingerprint density at radius 1 is 1.07 bits per heavy atom. The van der Waals surface area contributed by atoms with Gasteiger partial charge in [0.25, 0.3) is 5.91 Å². The van der Waals surface area contributed by atoms with E-state index in [4.69, 9.17) is 23.2 Å². The third-order valence-electron chi connectivity index (χ3n) is 5.69. The summed E-state index contributed by atoms with van der Waals surface area (Å²) < 4.78 is 0. The van der Waals surface area contributed by atoms with Crippen LogP contribution in [0.5, 0.6) is 0 Å². The molecule has 4 rings (SSSR count). The lowest BCUT2D eigenvalue weighted by Gasteiger charge is -2.39. The van der Waals surface area contributed by atoms with Crippen LogP contribution in [0.25, 0.3) is 6.08 Å². The maximum absolute atomic E-state index is 13.5. The van der Waals surface area contributed by atoms with E-state index >= 15 is 0 Å². The van der Waals surface area contributed by atoms with Crippen molar-refractivity contribution in [2.75, 3.05) is 5.32 Å². The van der Waals surface area contributed by atoms with Crippen LogP contribution in [0.2, 0.25) is 10.0 Å². The summed E-state index contributed by atoms with van der Waals surface area (Å²) in [4.78, 5) is 16.2. The van der Waals surface area contributed by atoms with Crippen LogP contribution in [0.3, 0.4) is 0 Å². The summed E-state index contributed by atoms with van der Waals surface area (Å²) in [5, 5.41) is 4.52. The minimum absolute atomic E-state index is 0.0678. The summed E-state index contributed by atoms with van der Waals surface area (Å²) in [6.45, 7) is 2.26. The number of nitrogens with zero attached hydrogens (tertiary/aromatic N) is 1. The number of benzene rings is 2. The second kappa shape index (κ2) is 9.03. The summed E-state index contributed by atoms with van der Waals surface area (Å²) in [6.07, 6.45) is 6.49. The van der Waals surface area contributed by atoms with Gasteiger partial charge < -0.3 is 10.2 Å². The topological polar surface area (TPSA) is 32.3 Å². The third kappa shape index (κ3) is 4.45. The van der Waals surface area contributed by atoms with Gasteiger partial charge in [-0.3, -0.25) is 4.79 Å². The zero-order valence-electron chi connectivity index (χ0n) is 16.3. The maximum Gasteiger partial charge on any atom is 0.262 e. The van der Waals surface area contributed by atoms with Crippen molar-refractivity contribution in [1.29, 1.82) is 0 Å². The molecule has 0 bridgehead atoms. The van der Waals surface area contributed by atoms with Gasteiger partial charge in [-0.05, 0) is 48.6 Å². The van der Waals surface area contributed by atoms with E-state index in [1.54, 1.807) is 17.8 Å². The van der Waals surface area contributed by atoms with E-state index in [2.05, 4.69) is 12.2 Å². The van der Waals surface area contributed by atoms with E-state index in [9.17, 15) is 4.79 Å². The minimum Gasteiger partial charge on any atom is -0.356 e. The number of hydrogen-bond acceptors (Lipinski definition) is 3. The van der Waals surface area contributed by atoms with Crippen molar-refractivity contribution in [1.82, 2.24) is 4.90 Å². The Morgan fingerprint density at radius 2 is 1.83 bits per heavy atom. The smallest absolute Gasteiger partial charge is 0.262 e. The molecule has 1 N–H and O–H groups in total. The fourth-order valence-electron chi connectivity index (χ4n) is 4.14. The second-order valence-corrected chi connectivity index (χ2v) is 9.58. The van der Waals surface area contributed by atoms with E-state index < -0.39 is 0 Å². The van der Waals surface area contributed by atoms with E-state index in [1.165, 1.54) is 12.8 Å². The molecule has 1 saturated heterocycles. The first kappa shape index (κ1) is 20.6. The van der Waals surface area contributed by atoms with Crippen molar-refractivity contribution in [2.45, 2.75) is 44.1 Å². The van der Waals surface area contributed by atoms with Gasteiger partial charge in [-0.15, -0.1) is 0 Å². The van der Waals surface area contributed by atoms with Gasteiger partial charge in [0.15, 0.2) is 5.50 Å². The highest BCUT2D eigenvalue weighted by Gasteiger charge is 2.42. The number of rotatable bonds is 4. The minimum atomic E-state index is -0.139. The van der Waals surface area contributed by atoms with Crippen LogP contribution in [0.15, 0.2) is 53.4 Å². The number of hydrogen-bond donors (Lipinski definition) is 1. The molecule has 152 valence electrons. The van der Waals surface area contributed by atoms with Crippen LogP contribution in [-0.4, -0.2) is 22.3 Å². The van der Waals surface area contributed by atoms with E-state index in [0.29, 0.717) is 20.9 Å². The zero-order chi connectivity index (χ0) is 20.4. The Bertz CT molecular complexity index is 918. The number of para-hydroxylation sites is 1. The molecule has 3 nitrogen and oxygen atoms in total. The molecule has 0 radical (unpaired) electrons. The number of carbonyl (C=O) groups excluding carboxylic acids is 1. The van der Waals surface area contributed by atoms with Crippen molar-refractivity contribution in [3.8, 4) is 0 Å². The molecule has 1 aliphatic heterocycles. The summed E-state index contributed by atoms with van der Waals surface area (Å²) in [5.74, 6) is 0.556. The number of thioether (sulfide) groups is 1. The molecule has 1 heterocycles. The molecule has 0 aromatic heterocycles. The molecule has 0 spiro atoms. The van der Waals surface area contributed by atoms with Crippen LogP contribution in [-0.2, 0) is 4.79 Å². The lowest BCUT2D eigenvalue weighted by Crippen LogP contribution is -2.48. The molecule has 2 aliphatic rings. The summed E-state index contributed by atoms with van der Waals surface area (Å²) in [5.41, 5.74) is 1.64. The zero-order valence-corrected chi connectivity index (χ0v) is 18.6. The molecule has 2 aromatic carbocycles. The molecule has 1 amide bonds. The van der Waals surface area contributed by atoms with Crippen molar-refractivity contribution in [2.24, 2.45) is 5.92 Å². The molecule has 1 unspecified atom stereocenters. The Kier molecular flexibility index (Phi) is 6.43. The quantitative estimate of drug-likeness (QED) is 0.519. The van der Waals surface area contributed by atoms with Crippen LogP contribution in [0.4, 0.5) is 5.69 Å². The molecule has 1 aliphatic carbocycles. The van der Waals surface area contributed by atoms with Gasteiger partial charge >= 0.3 is 0 Å². The first-order valence-corrected chi connectivity index (χ1v) is 11.6. The van der Waals surface area contributed by atoms with Crippen molar-refractivity contribution in [3.05, 3.63) is 69.0 Å². The Labute approximate surface area is 186 Å². The highest BCUT2D eigenvalue weighted by atomic mass is 35.5. The summed E-state index contributed by atoms with van der Waals surface area (Å²) >= 11 is 14.1. The van der Waals surface area contributed by atoms with Crippen LogP contribution >= 0.6 is 35.0 Å². The molecule has 1 saturated carbocycles. The first-order valence-electron chi connectivity index (χ1n) is 10.0. The van der Waals surface area contributed by atoms with E-state index in [0.717, 1.165) is 24.1 Å². The van der Waals surface area contributed by atoms with Gasteiger partial charge in [-0.2, -0.15) is 0 Å².